The molecule has 4 nitrogen and oxygen atoms in total. The number of aromatic amines is 1. The number of nitrogens with zero attached hydrogens (tertiary/aromatic N) is 2. The minimum atomic E-state index is -0.591. The molecule has 114 valence electrons. The maximum absolute atomic E-state index is 13.6. The van der Waals surface area contributed by atoms with Gasteiger partial charge in [0.1, 0.15) is 17.4 Å². The first-order valence-corrected chi connectivity index (χ1v) is 7.56. The lowest BCUT2D eigenvalue weighted by Crippen LogP contribution is -2.12. The van der Waals surface area contributed by atoms with Gasteiger partial charge in [-0.2, -0.15) is 9.65 Å². The number of H-pyrrole nitrogens is 1. The molecule has 0 saturated carbocycles. The Labute approximate surface area is 133 Å². The fourth-order valence-corrected chi connectivity index (χ4v) is 3.18. The molecule has 1 N–H and O–H groups in total. The van der Waals surface area contributed by atoms with Gasteiger partial charge in [-0.3, -0.25) is 4.79 Å². The van der Waals surface area contributed by atoms with Gasteiger partial charge in [-0.1, -0.05) is 6.07 Å². The van der Waals surface area contributed by atoms with Gasteiger partial charge >= 0.3 is 0 Å². The van der Waals surface area contributed by atoms with Crippen molar-refractivity contribution in [2.45, 2.75) is 10.8 Å². The van der Waals surface area contributed by atoms with Gasteiger partial charge in [-0.25, -0.2) is 9.37 Å². The summed E-state index contributed by atoms with van der Waals surface area (Å²) in [5, 5.41) is 10.3. The van der Waals surface area contributed by atoms with Crippen molar-refractivity contribution in [2.75, 3.05) is 0 Å². The van der Waals surface area contributed by atoms with Crippen molar-refractivity contribution < 1.29 is 8.78 Å². The lowest BCUT2D eigenvalue weighted by atomic mass is 10.1. The van der Waals surface area contributed by atoms with Crippen LogP contribution in [0.4, 0.5) is 8.78 Å². The monoisotopic (exact) mass is 329 g/mol. The van der Waals surface area contributed by atoms with E-state index in [9.17, 15) is 13.6 Å². The van der Waals surface area contributed by atoms with Gasteiger partial charge in [0, 0.05) is 28.3 Å². The van der Waals surface area contributed by atoms with Crippen LogP contribution >= 0.6 is 11.8 Å². The van der Waals surface area contributed by atoms with Crippen LogP contribution in [0.3, 0.4) is 0 Å². The van der Waals surface area contributed by atoms with Gasteiger partial charge in [0.05, 0.1) is 5.03 Å². The molecule has 3 rings (SSSR count). The van der Waals surface area contributed by atoms with Gasteiger partial charge in [0.15, 0.2) is 0 Å². The zero-order valence-corrected chi connectivity index (χ0v) is 12.5. The summed E-state index contributed by atoms with van der Waals surface area (Å²) in [6, 6.07) is 8.85. The second-order valence-corrected chi connectivity index (χ2v) is 5.69. The maximum Gasteiger partial charge on any atom is 0.267 e. The van der Waals surface area contributed by atoms with E-state index >= 15 is 0 Å². The predicted octanol–water partition coefficient (Wildman–Crippen LogP) is 3.37. The van der Waals surface area contributed by atoms with Crippen LogP contribution in [0.1, 0.15) is 11.1 Å². The summed E-state index contributed by atoms with van der Waals surface area (Å²) in [5.74, 6) is -0.859. The number of hydrogen-bond acceptors (Lipinski definition) is 4. The van der Waals surface area contributed by atoms with Crippen molar-refractivity contribution in [1.29, 1.82) is 5.26 Å². The first-order chi connectivity index (χ1) is 11.1. The number of halogens is 2. The van der Waals surface area contributed by atoms with Gasteiger partial charge < -0.3 is 4.98 Å². The van der Waals surface area contributed by atoms with Crippen molar-refractivity contribution in [2.24, 2.45) is 0 Å². The van der Waals surface area contributed by atoms with Crippen LogP contribution in [0, 0.1) is 23.1 Å². The molecule has 0 unspecified atom stereocenters. The van der Waals surface area contributed by atoms with Crippen molar-refractivity contribution in [1.82, 2.24) is 9.97 Å². The lowest BCUT2D eigenvalue weighted by Gasteiger charge is -2.08. The Morgan fingerprint density at radius 3 is 2.83 bits per heavy atom. The zero-order valence-electron chi connectivity index (χ0n) is 11.6. The third-order valence-electron chi connectivity index (χ3n) is 3.27. The topological polar surface area (TPSA) is 69.5 Å². The molecule has 0 aliphatic rings. The van der Waals surface area contributed by atoms with E-state index in [0.29, 0.717) is 21.4 Å². The molecule has 0 aliphatic heterocycles. The van der Waals surface area contributed by atoms with Crippen molar-refractivity contribution in [3.05, 3.63) is 69.8 Å². The number of nitriles is 1. The van der Waals surface area contributed by atoms with Gasteiger partial charge in [-0.05, 0) is 24.3 Å². The molecular weight excluding hydrogens is 320 g/mol. The van der Waals surface area contributed by atoms with Crippen molar-refractivity contribution >= 4 is 22.5 Å². The van der Waals surface area contributed by atoms with Crippen LogP contribution in [-0.4, -0.2) is 9.97 Å². The summed E-state index contributed by atoms with van der Waals surface area (Å²) in [4.78, 5) is 18.1. The highest BCUT2D eigenvalue weighted by Crippen LogP contribution is 2.29. The standard InChI is InChI=1S/C16H9F2N3OS/c17-10-3-4-11-12(6-10)16(21-15(22)13(11)7-19)23-8-9-2-1-5-20-14(9)18/h1-6H,8H2,(H,21,22). The summed E-state index contributed by atoms with van der Waals surface area (Å²) >= 11 is 1.15. The van der Waals surface area contributed by atoms with Gasteiger partial charge in [0.25, 0.3) is 5.56 Å². The quantitative estimate of drug-likeness (QED) is 0.591. The molecule has 3 aromatic rings. The lowest BCUT2D eigenvalue weighted by molar-refractivity contribution is 0.573. The third kappa shape index (κ3) is 2.94. The van der Waals surface area contributed by atoms with E-state index in [1.165, 1.54) is 24.4 Å². The number of hydrogen-bond donors (Lipinski definition) is 1. The first-order valence-electron chi connectivity index (χ1n) is 6.58. The molecule has 1 aromatic carbocycles. The number of fused-ring (bicyclic) bond motifs is 1. The molecule has 0 bridgehead atoms. The highest BCUT2D eigenvalue weighted by molar-refractivity contribution is 7.98. The van der Waals surface area contributed by atoms with E-state index in [4.69, 9.17) is 5.26 Å². The molecule has 23 heavy (non-hydrogen) atoms. The molecule has 0 radical (unpaired) electrons. The van der Waals surface area contributed by atoms with Crippen LogP contribution in [0.15, 0.2) is 46.3 Å². The second kappa shape index (κ2) is 6.18. The van der Waals surface area contributed by atoms with Gasteiger partial charge in [-0.15, -0.1) is 11.8 Å². The predicted molar refractivity (Wildman–Crippen MR) is 83.0 cm³/mol. The number of benzene rings is 1. The second-order valence-electron chi connectivity index (χ2n) is 4.70. The molecule has 7 heteroatoms. The van der Waals surface area contributed by atoms with E-state index in [0.717, 1.165) is 11.8 Å². The van der Waals surface area contributed by atoms with E-state index in [2.05, 4.69) is 9.97 Å². The summed E-state index contributed by atoms with van der Waals surface area (Å²) in [6.07, 6.45) is 1.35. The van der Waals surface area contributed by atoms with E-state index in [1.807, 2.05) is 6.07 Å². The zero-order chi connectivity index (χ0) is 16.4. The molecule has 2 heterocycles. The molecule has 0 aliphatic carbocycles. The van der Waals surface area contributed by atoms with Crippen molar-refractivity contribution in [3.63, 3.8) is 0 Å². The highest BCUT2D eigenvalue weighted by atomic mass is 32.2. The van der Waals surface area contributed by atoms with Crippen molar-refractivity contribution in [3.8, 4) is 6.07 Å². The Morgan fingerprint density at radius 2 is 2.09 bits per heavy atom. The van der Waals surface area contributed by atoms with E-state index < -0.39 is 17.3 Å². The summed E-state index contributed by atoms with van der Waals surface area (Å²) in [6.45, 7) is 0. The average Bonchev–Trinajstić information content (AvgIpc) is 2.54. The Balaban J connectivity index is 2.08. The van der Waals surface area contributed by atoms with Gasteiger partial charge in [0.2, 0.25) is 5.95 Å². The smallest absolute Gasteiger partial charge is 0.267 e. The van der Waals surface area contributed by atoms with Crippen LogP contribution < -0.4 is 5.56 Å². The molecule has 0 spiro atoms. The van der Waals surface area contributed by atoms with Crippen LogP contribution in [0.5, 0.6) is 0 Å². The molecular formula is C16H9F2N3OS. The Hall–Kier alpha value is -2.72. The fraction of sp³-hybridized carbons (Fsp3) is 0.0625. The van der Waals surface area contributed by atoms with E-state index in [1.54, 1.807) is 12.1 Å². The fourth-order valence-electron chi connectivity index (χ4n) is 2.18. The molecule has 0 saturated heterocycles. The maximum atomic E-state index is 13.6. The largest absolute Gasteiger partial charge is 0.315 e. The third-order valence-corrected chi connectivity index (χ3v) is 4.34. The highest BCUT2D eigenvalue weighted by Gasteiger charge is 2.13. The molecule has 2 aromatic heterocycles. The Kier molecular flexibility index (Phi) is 4.08. The first kappa shape index (κ1) is 15.2. The number of nitrogens with one attached hydrogen (secondary N) is 1. The molecule has 0 atom stereocenters. The van der Waals surface area contributed by atoms with Crippen LogP contribution in [0.2, 0.25) is 0 Å². The molecule has 0 amide bonds. The van der Waals surface area contributed by atoms with E-state index in [-0.39, 0.29) is 11.3 Å². The minimum absolute atomic E-state index is 0.0723. The number of pyridine rings is 2. The minimum Gasteiger partial charge on any atom is -0.315 e. The Morgan fingerprint density at radius 1 is 1.26 bits per heavy atom. The summed E-state index contributed by atoms with van der Waals surface area (Å²) in [5.41, 5.74) is -0.259. The summed E-state index contributed by atoms with van der Waals surface area (Å²) in [7, 11) is 0. The molecule has 0 fully saturated rings. The number of rotatable bonds is 3. The van der Waals surface area contributed by atoms with Crippen LogP contribution in [0.25, 0.3) is 10.8 Å². The average molecular weight is 329 g/mol. The summed E-state index contributed by atoms with van der Waals surface area (Å²) < 4.78 is 27.1. The number of aromatic nitrogens is 2. The van der Waals surface area contributed by atoms with Crippen LogP contribution in [-0.2, 0) is 5.75 Å². The SMILES string of the molecule is N#Cc1c(=O)[nH]c(SCc2cccnc2F)c2cc(F)ccc12. The number of thioether (sulfide) groups is 1. The Bertz CT molecular complexity index is 995. The normalized spacial score (nSPS) is 10.7.